The van der Waals surface area contributed by atoms with Crippen LogP contribution in [0.25, 0.3) is 0 Å². The Morgan fingerprint density at radius 3 is 2.69 bits per heavy atom. The number of para-hydroxylation sites is 1. The highest BCUT2D eigenvalue weighted by atomic mass is 16.6. The zero-order chi connectivity index (χ0) is 18.3. The van der Waals surface area contributed by atoms with Crippen LogP contribution in [0, 0.1) is 16.0 Å². The van der Waals surface area contributed by atoms with Crippen molar-refractivity contribution in [3.8, 4) is 5.75 Å². The Labute approximate surface area is 150 Å². The smallest absolute Gasteiger partial charge is 0.308 e. The zero-order valence-corrected chi connectivity index (χ0v) is 14.2. The topological polar surface area (TPSA) is 81.5 Å². The van der Waals surface area contributed by atoms with Gasteiger partial charge in [0.1, 0.15) is 11.4 Å². The van der Waals surface area contributed by atoms with Crippen molar-refractivity contribution in [1.29, 1.82) is 0 Å². The van der Waals surface area contributed by atoms with Gasteiger partial charge in [0.15, 0.2) is 0 Å². The van der Waals surface area contributed by atoms with Crippen LogP contribution in [0.4, 0.5) is 11.4 Å². The van der Waals surface area contributed by atoms with E-state index >= 15 is 0 Å². The molecule has 0 amide bonds. The molecule has 3 atom stereocenters. The Kier molecular flexibility index (Phi) is 3.95. The molecular weight excluding hydrogens is 332 g/mol. The summed E-state index contributed by atoms with van der Waals surface area (Å²) in [5, 5.41) is 14.9. The van der Waals surface area contributed by atoms with E-state index in [1.807, 2.05) is 18.2 Å². The van der Waals surface area contributed by atoms with Gasteiger partial charge in [-0.05, 0) is 35.6 Å². The molecule has 0 spiro atoms. The Morgan fingerprint density at radius 1 is 1.23 bits per heavy atom. The van der Waals surface area contributed by atoms with E-state index in [1.54, 1.807) is 18.2 Å². The lowest BCUT2D eigenvalue weighted by Crippen LogP contribution is -2.29. The number of fused-ring (bicyclic) bond motifs is 3. The number of nitrogens with one attached hydrogen (secondary N) is 1. The molecule has 2 aromatic rings. The first-order valence-electron chi connectivity index (χ1n) is 8.53. The van der Waals surface area contributed by atoms with Crippen LogP contribution in [0.15, 0.2) is 54.6 Å². The van der Waals surface area contributed by atoms with Gasteiger partial charge in [-0.1, -0.05) is 36.4 Å². The fourth-order valence-electron chi connectivity index (χ4n) is 4.00. The van der Waals surface area contributed by atoms with Crippen LogP contribution in [0.3, 0.4) is 0 Å². The molecule has 6 heteroatoms. The number of hydrogen-bond donors (Lipinski definition) is 1. The molecule has 0 radical (unpaired) electrons. The Morgan fingerprint density at radius 2 is 2.00 bits per heavy atom. The summed E-state index contributed by atoms with van der Waals surface area (Å²) in [7, 11) is 0. The highest BCUT2D eigenvalue weighted by molar-refractivity contribution is 5.71. The second-order valence-corrected chi connectivity index (χ2v) is 6.64. The normalized spacial score (nSPS) is 22.9. The van der Waals surface area contributed by atoms with Gasteiger partial charge in [0, 0.05) is 18.9 Å². The number of nitro groups is 1. The van der Waals surface area contributed by atoms with Crippen molar-refractivity contribution < 1.29 is 14.5 Å². The third-order valence-electron chi connectivity index (χ3n) is 5.07. The maximum Gasteiger partial charge on any atom is 0.308 e. The van der Waals surface area contributed by atoms with E-state index in [4.69, 9.17) is 4.74 Å². The van der Waals surface area contributed by atoms with Gasteiger partial charge in [-0.3, -0.25) is 14.9 Å². The zero-order valence-electron chi connectivity index (χ0n) is 14.2. The van der Waals surface area contributed by atoms with Gasteiger partial charge in [0.2, 0.25) is 0 Å². The average Bonchev–Trinajstić information content (AvgIpc) is 3.10. The summed E-state index contributed by atoms with van der Waals surface area (Å²) in [6, 6.07) is 12.5. The third kappa shape index (κ3) is 2.73. The lowest BCUT2D eigenvalue weighted by molar-refractivity contribution is -0.384. The molecule has 0 fully saturated rings. The van der Waals surface area contributed by atoms with Crippen molar-refractivity contribution in [3.63, 3.8) is 0 Å². The molecular formula is C20H18N2O4. The fourth-order valence-corrected chi connectivity index (χ4v) is 4.00. The third-order valence-corrected chi connectivity index (χ3v) is 5.07. The fraction of sp³-hybridized carbons (Fsp3) is 0.250. The molecule has 1 N–H and O–H groups in total. The van der Waals surface area contributed by atoms with E-state index in [0.29, 0.717) is 17.4 Å². The predicted molar refractivity (Wildman–Crippen MR) is 97.2 cm³/mol. The van der Waals surface area contributed by atoms with Gasteiger partial charge in [0.25, 0.3) is 5.69 Å². The highest BCUT2D eigenvalue weighted by Crippen LogP contribution is 2.52. The number of carbonyl (C=O) groups is 1. The number of anilines is 1. The van der Waals surface area contributed by atoms with Crippen molar-refractivity contribution in [2.75, 3.05) is 5.32 Å². The van der Waals surface area contributed by atoms with Gasteiger partial charge in [-0.2, -0.15) is 0 Å². The van der Waals surface area contributed by atoms with Crippen molar-refractivity contribution in [3.05, 3.63) is 75.9 Å². The summed E-state index contributed by atoms with van der Waals surface area (Å²) in [6.45, 7) is 1.36. The van der Waals surface area contributed by atoms with Gasteiger partial charge in [-0.15, -0.1) is 0 Å². The van der Waals surface area contributed by atoms with Crippen molar-refractivity contribution in [1.82, 2.24) is 0 Å². The minimum Gasteiger partial charge on any atom is -0.427 e. The van der Waals surface area contributed by atoms with Crippen LogP contribution >= 0.6 is 0 Å². The lowest BCUT2D eigenvalue weighted by atomic mass is 9.77. The van der Waals surface area contributed by atoms with Crippen molar-refractivity contribution in [2.45, 2.75) is 25.3 Å². The summed E-state index contributed by atoms with van der Waals surface area (Å²) in [5.41, 5.74) is 2.69. The molecule has 0 saturated heterocycles. The van der Waals surface area contributed by atoms with E-state index in [2.05, 4.69) is 17.5 Å². The van der Waals surface area contributed by atoms with E-state index in [-0.39, 0.29) is 28.5 Å². The van der Waals surface area contributed by atoms with Crippen molar-refractivity contribution in [2.24, 2.45) is 5.92 Å². The number of carbonyl (C=O) groups excluding carboxylic acids is 1. The molecule has 2 aromatic carbocycles. The summed E-state index contributed by atoms with van der Waals surface area (Å²) in [6.07, 6.45) is 5.20. The van der Waals surface area contributed by atoms with E-state index < -0.39 is 0 Å². The number of ether oxygens (including phenoxy) is 1. The largest absolute Gasteiger partial charge is 0.427 e. The van der Waals surface area contributed by atoms with Crippen LogP contribution in [-0.2, 0) is 4.79 Å². The Hall–Kier alpha value is -3.15. The molecule has 1 aliphatic heterocycles. The number of benzene rings is 2. The number of nitro benzene ring substituents is 1. The maximum atomic E-state index is 11.5. The number of nitrogens with zero attached hydrogens (tertiary/aromatic N) is 1. The summed E-state index contributed by atoms with van der Waals surface area (Å²) >= 11 is 0. The molecule has 0 unspecified atom stereocenters. The minimum atomic E-state index is -0.363. The Bertz CT molecular complexity index is 905. The first-order chi connectivity index (χ1) is 12.5. The molecule has 4 rings (SSSR count). The van der Waals surface area contributed by atoms with E-state index in [1.165, 1.54) is 13.0 Å². The number of hydrogen-bond acceptors (Lipinski definition) is 5. The van der Waals surface area contributed by atoms with Gasteiger partial charge in [-0.25, -0.2) is 0 Å². The summed E-state index contributed by atoms with van der Waals surface area (Å²) in [5.74, 6) is 0.580. The minimum absolute atomic E-state index is 0.0463. The predicted octanol–water partition coefficient (Wildman–Crippen LogP) is 4.35. The molecule has 132 valence electrons. The molecule has 0 aromatic heterocycles. The summed E-state index contributed by atoms with van der Waals surface area (Å²) < 4.78 is 5.09. The lowest BCUT2D eigenvalue weighted by Gasteiger charge is -2.37. The number of allylic oxidation sites excluding steroid dienone is 2. The van der Waals surface area contributed by atoms with E-state index in [9.17, 15) is 14.9 Å². The van der Waals surface area contributed by atoms with Crippen LogP contribution in [0.1, 0.15) is 36.4 Å². The molecule has 26 heavy (non-hydrogen) atoms. The highest BCUT2D eigenvalue weighted by Gasteiger charge is 2.40. The first-order valence-corrected chi connectivity index (χ1v) is 8.53. The molecule has 0 saturated carbocycles. The van der Waals surface area contributed by atoms with Gasteiger partial charge < -0.3 is 10.1 Å². The Balaban J connectivity index is 1.72. The summed E-state index contributed by atoms with van der Waals surface area (Å²) in [4.78, 5) is 22.2. The average molecular weight is 350 g/mol. The number of rotatable bonds is 3. The van der Waals surface area contributed by atoms with Crippen LogP contribution < -0.4 is 10.1 Å². The number of esters is 1. The van der Waals surface area contributed by atoms with E-state index in [0.717, 1.165) is 17.5 Å². The quantitative estimate of drug-likeness (QED) is 0.293. The van der Waals surface area contributed by atoms with Gasteiger partial charge >= 0.3 is 5.97 Å². The van der Waals surface area contributed by atoms with Crippen molar-refractivity contribution >= 4 is 17.3 Å². The molecule has 1 heterocycles. The van der Waals surface area contributed by atoms with Crippen LogP contribution in [0.5, 0.6) is 5.75 Å². The molecule has 6 nitrogen and oxygen atoms in total. The monoisotopic (exact) mass is 350 g/mol. The van der Waals surface area contributed by atoms with Crippen LogP contribution in [0.2, 0.25) is 0 Å². The molecule has 1 aliphatic carbocycles. The van der Waals surface area contributed by atoms with Gasteiger partial charge in [0.05, 0.1) is 11.0 Å². The molecule has 2 aliphatic rings. The molecule has 0 bridgehead atoms. The second-order valence-electron chi connectivity index (χ2n) is 6.64. The standard InChI is InChI=1S/C20H18N2O4/c1-12(23)26-14-10-8-13(9-11-14)19-16-5-2-4-15(16)17-6-3-7-18(22(24)25)20(17)21-19/h2-4,6-11,15-16,19,21H,5H2,1H3/t15-,16-,19-/m1/s1. The SMILES string of the molecule is CC(=O)Oc1ccc([C@H]2Nc3c(cccc3[N+](=O)[O-])[C@@H]3C=CC[C@@H]23)cc1. The first kappa shape index (κ1) is 16.3. The second kappa shape index (κ2) is 6.29. The van der Waals surface area contributed by atoms with Crippen LogP contribution in [-0.4, -0.2) is 10.9 Å². The maximum absolute atomic E-state index is 11.5.